The van der Waals surface area contributed by atoms with Gasteiger partial charge in [0.2, 0.25) is 0 Å². The lowest BCUT2D eigenvalue weighted by Gasteiger charge is -2.22. The van der Waals surface area contributed by atoms with Gasteiger partial charge in [0.1, 0.15) is 22.4 Å². The summed E-state index contributed by atoms with van der Waals surface area (Å²) in [6, 6.07) is 5.19. The lowest BCUT2D eigenvalue weighted by molar-refractivity contribution is 0.0828. The van der Waals surface area contributed by atoms with Crippen molar-refractivity contribution in [2.45, 2.75) is 37.6 Å². The van der Waals surface area contributed by atoms with E-state index in [1.54, 1.807) is 16.5 Å². The standard InChI is InChI=1S/C22H23FN4O4S/c1-26-18(13-7-10-30-11-8-13)25-20-17(21(26)28)24-19(32-20)16-6-3-9-27(16)22(29)31-15-5-2-4-14(23)12-15/h2,4-5,12-13,16H,3,6-11H2,1H3/t16-/m1/s1. The Morgan fingerprint density at radius 1 is 1.25 bits per heavy atom. The Labute approximate surface area is 187 Å². The van der Waals surface area contributed by atoms with Crippen LogP contribution >= 0.6 is 11.3 Å². The molecule has 4 heterocycles. The highest BCUT2D eigenvalue weighted by Crippen LogP contribution is 2.36. The highest BCUT2D eigenvalue weighted by molar-refractivity contribution is 7.18. The summed E-state index contributed by atoms with van der Waals surface area (Å²) in [6.45, 7) is 1.83. The second kappa shape index (κ2) is 8.59. The summed E-state index contributed by atoms with van der Waals surface area (Å²) in [5.74, 6) is 0.624. The zero-order valence-corrected chi connectivity index (χ0v) is 18.4. The summed E-state index contributed by atoms with van der Waals surface area (Å²) < 4.78 is 25.8. The van der Waals surface area contributed by atoms with E-state index in [1.165, 1.54) is 35.6 Å². The van der Waals surface area contributed by atoms with Gasteiger partial charge in [-0.25, -0.2) is 19.2 Å². The second-order valence-electron chi connectivity index (χ2n) is 8.10. The number of benzene rings is 1. The van der Waals surface area contributed by atoms with Crippen LogP contribution in [0.1, 0.15) is 48.5 Å². The van der Waals surface area contributed by atoms with Gasteiger partial charge in [-0.15, -0.1) is 0 Å². The van der Waals surface area contributed by atoms with Crippen LogP contribution in [-0.4, -0.2) is 45.3 Å². The van der Waals surface area contributed by atoms with Crippen LogP contribution in [0.5, 0.6) is 5.75 Å². The smallest absolute Gasteiger partial charge is 0.410 e. The minimum atomic E-state index is -0.555. The number of thiazole rings is 1. The van der Waals surface area contributed by atoms with E-state index in [4.69, 9.17) is 14.5 Å². The predicted octanol–water partition coefficient (Wildman–Crippen LogP) is 3.76. The van der Waals surface area contributed by atoms with Gasteiger partial charge in [0, 0.05) is 38.8 Å². The van der Waals surface area contributed by atoms with Gasteiger partial charge in [-0.2, -0.15) is 0 Å². The number of likely N-dealkylation sites (tertiary alicyclic amines) is 1. The molecule has 8 nitrogen and oxygen atoms in total. The van der Waals surface area contributed by atoms with Crippen molar-refractivity contribution in [3.63, 3.8) is 0 Å². The number of rotatable bonds is 3. The zero-order chi connectivity index (χ0) is 22.2. The third-order valence-corrected chi connectivity index (χ3v) is 7.10. The summed E-state index contributed by atoms with van der Waals surface area (Å²) in [7, 11) is 1.73. The Bertz CT molecular complexity index is 1220. The Kier molecular flexibility index (Phi) is 5.64. The molecule has 2 saturated heterocycles. The van der Waals surface area contributed by atoms with Gasteiger partial charge in [-0.1, -0.05) is 17.4 Å². The molecule has 0 aliphatic carbocycles. The Hall–Kier alpha value is -2.85. The Morgan fingerprint density at radius 2 is 2.06 bits per heavy atom. The van der Waals surface area contributed by atoms with Crippen LogP contribution in [-0.2, 0) is 11.8 Å². The fraction of sp³-hybridized carbons (Fsp3) is 0.455. The molecule has 1 atom stereocenters. The van der Waals surface area contributed by atoms with E-state index in [2.05, 4.69) is 4.98 Å². The van der Waals surface area contributed by atoms with E-state index < -0.39 is 11.9 Å². The number of halogens is 1. The molecule has 1 amide bonds. The third kappa shape index (κ3) is 3.88. The quantitative estimate of drug-likeness (QED) is 0.594. The van der Waals surface area contributed by atoms with Crippen LogP contribution in [0.3, 0.4) is 0 Å². The van der Waals surface area contributed by atoms with Crippen LogP contribution in [0.25, 0.3) is 10.3 Å². The van der Waals surface area contributed by atoms with Crippen LogP contribution < -0.4 is 10.3 Å². The second-order valence-corrected chi connectivity index (χ2v) is 9.11. The van der Waals surface area contributed by atoms with Crippen LogP contribution in [0, 0.1) is 5.82 Å². The summed E-state index contributed by atoms with van der Waals surface area (Å²) in [5, 5.41) is 0.669. The first-order valence-electron chi connectivity index (χ1n) is 10.7. The monoisotopic (exact) mass is 458 g/mol. The highest BCUT2D eigenvalue weighted by atomic mass is 32.1. The molecule has 5 rings (SSSR count). The predicted molar refractivity (Wildman–Crippen MR) is 117 cm³/mol. The van der Waals surface area contributed by atoms with Gasteiger partial charge in [-0.3, -0.25) is 14.3 Å². The first kappa shape index (κ1) is 21.0. The number of amides is 1. The van der Waals surface area contributed by atoms with Crippen LogP contribution in [0.15, 0.2) is 29.1 Å². The van der Waals surface area contributed by atoms with Crippen molar-refractivity contribution in [3.8, 4) is 5.75 Å². The molecule has 2 aliphatic rings. The number of aromatic nitrogens is 3. The number of fused-ring (bicyclic) bond motifs is 1. The number of carbonyl (C=O) groups is 1. The van der Waals surface area contributed by atoms with Crippen molar-refractivity contribution in [1.29, 1.82) is 0 Å². The molecular weight excluding hydrogens is 435 g/mol. The SMILES string of the molecule is Cn1c(C2CCOCC2)nc2sc([C@H]3CCCN3C(=O)Oc3cccc(F)c3)nc2c1=O. The molecule has 0 radical (unpaired) electrons. The summed E-state index contributed by atoms with van der Waals surface area (Å²) >= 11 is 1.35. The molecule has 2 aliphatic heterocycles. The maximum Gasteiger partial charge on any atom is 0.415 e. The van der Waals surface area contributed by atoms with Crippen molar-refractivity contribution >= 4 is 27.8 Å². The van der Waals surface area contributed by atoms with Gasteiger partial charge in [0.15, 0.2) is 10.3 Å². The van der Waals surface area contributed by atoms with Crippen LogP contribution in [0.4, 0.5) is 9.18 Å². The number of ether oxygens (including phenoxy) is 2. The summed E-state index contributed by atoms with van der Waals surface area (Å²) in [4.78, 5) is 37.3. The average Bonchev–Trinajstić information content (AvgIpc) is 3.44. The number of carbonyl (C=O) groups excluding carboxylic acids is 1. The summed E-state index contributed by atoms with van der Waals surface area (Å²) in [5.41, 5.74) is 0.152. The van der Waals surface area contributed by atoms with E-state index in [9.17, 15) is 14.0 Å². The first-order valence-corrected chi connectivity index (χ1v) is 11.5. The van der Waals surface area contributed by atoms with Gasteiger partial charge in [0.05, 0.1) is 6.04 Å². The fourth-order valence-electron chi connectivity index (χ4n) is 4.38. The largest absolute Gasteiger partial charge is 0.415 e. The molecule has 0 N–H and O–H groups in total. The molecule has 2 fully saturated rings. The van der Waals surface area contributed by atoms with Crippen LogP contribution in [0.2, 0.25) is 0 Å². The minimum absolute atomic E-state index is 0.154. The minimum Gasteiger partial charge on any atom is -0.410 e. The highest BCUT2D eigenvalue weighted by Gasteiger charge is 2.34. The average molecular weight is 459 g/mol. The van der Waals surface area contributed by atoms with E-state index in [-0.39, 0.29) is 23.3 Å². The van der Waals surface area contributed by atoms with Crippen molar-refractivity contribution in [2.75, 3.05) is 19.8 Å². The zero-order valence-electron chi connectivity index (χ0n) is 17.6. The summed E-state index contributed by atoms with van der Waals surface area (Å²) in [6.07, 6.45) is 2.61. The molecule has 0 saturated carbocycles. The number of hydrogen-bond acceptors (Lipinski definition) is 7. The Balaban J connectivity index is 1.43. The van der Waals surface area contributed by atoms with Crippen molar-refractivity contribution in [1.82, 2.24) is 19.4 Å². The maximum atomic E-state index is 13.4. The normalized spacial score (nSPS) is 19.6. The lowest BCUT2D eigenvalue weighted by atomic mass is 9.99. The van der Waals surface area contributed by atoms with Crippen molar-refractivity contribution in [3.05, 3.63) is 51.3 Å². The third-order valence-electron chi connectivity index (χ3n) is 6.05. The van der Waals surface area contributed by atoms with Crippen molar-refractivity contribution in [2.24, 2.45) is 7.05 Å². The van der Waals surface area contributed by atoms with E-state index in [0.717, 1.165) is 25.1 Å². The van der Waals surface area contributed by atoms with Gasteiger partial charge in [0.25, 0.3) is 5.56 Å². The molecule has 10 heteroatoms. The van der Waals surface area contributed by atoms with Gasteiger partial charge >= 0.3 is 6.09 Å². The van der Waals surface area contributed by atoms with E-state index in [0.29, 0.717) is 41.5 Å². The lowest BCUT2D eigenvalue weighted by Crippen LogP contribution is -2.33. The van der Waals surface area contributed by atoms with Crippen molar-refractivity contribution < 1.29 is 18.7 Å². The first-order chi connectivity index (χ1) is 15.5. The maximum absolute atomic E-state index is 13.4. The van der Waals surface area contributed by atoms with Gasteiger partial charge in [-0.05, 0) is 37.8 Å². The fourth-order valence-corrected chi connectivity index (χ4v) is 5.47. The van der Waals surface area contributed by atoms with E-state index in [1.807, 2.05) is 0 Å². The number of hydrogen-bond donors (Lipinski definition) is 0. The molecule has 3 aromatic rings. The molecule has 0 spiro atoms. The van der Waals surface area contributed by atoms with Gasteiger partial charge < -0.3 is 9.47 Å². The topological polar surface area (TPSA) is 86.6 Å². The molecule has 0 unspecified atom stereocenters. The molecule has 168 valence electrons. The molecule has 0 bridgehead atoms. The molecular formula is C22H23FN4O4S. The van der Waals surface area contributed by atoms with E-state index >= 15 is 0 Å². The molecule has 32 heavy (non-hydrogen) atoms. The Morgan fingerprint density at radius 3 is 2.84 bits per heavy atom. The number of nitrogens with zero attached hydrogens (tertiary/aromatic N) is 4. The molecule has 1 aromatic carbocycles. The molecule has 2 aromatic heterocycles.